The van der Waals surface area contributed by atoms with Crippen LogP contribution < -0.4 is 4.74 Å². The molecule has 14 heavy (non-hydrogen) atoms. The highest BCUT2D eigenvalue weighted by Crippen LogP contribution is 2.51. The Hall–Kier alpha value is -1.12. The second-order valence-electron chi connectivity index (χ2n) is 3.60. The van der Waals surface area contributed by atoms with Crippen LogP contribution in [0, 0.1) is 5.92 Å². The molecule has 1 aliphatic carbocycles. The Morgan fingerprint density at radius 3 is 2.50 bits per heavy atom. The molecule has 1 aromatic carbocycles. The van der Waals surface area contributed by atoms with Gasteiger partial charge in [0.2, 0.25) is 0 Å². The first-order chi connectivity index (χ1) is 6.66. The Labute approximate surface area is 81.7 Å². The number of hydrogen-bond acceptors (Lipinski definition) is 1. The zero-order chi connectivity index (χ0) is 10.2. The van der Waals surface area contributed by atoms with Gasteiger partial charge in [-0.3, -0.25) is 0 Å². The summed E-state index contributed by atoms with van der Waals surface area (Å²) in [6.07, 6.45) is 1.23. The molecular formula is C11H12F2O. The molecule has 0 aromatic heterocycles. The van der Waals surface area contributed by atoms with Gasteiger partial charge in [-0.25, -0.2) is 8.78 Å². The first-order valence-corrected chi connectivity index (χ1v) is 4.67. The summed E-state index contributed by atoms with van der Waals surface area (Å²) in [6, 6.07) is 6.34. The van der Waals surface area contributed by atoms with E-state index in [0.29, 0.717) is 12.8 Å². The molecule has 1 aromatic rings. The van der Waals surface area contributed by atoms with Crippen molar-refractivity contribution < 1.29 is 13.5 Å². The largest absolute Gasteiger partial charge is 0.496 e. The van der Waals surface area contributed by atoms with Crippen LogP contribution in [0.15, 0.2) is 24.3 Å². The van der Waals surface area contributed by atoms with Crippen LogP contribution in [0.25, 0.3) is 0 Å². The number of ether oxygens (including phenoxy) is 1. The molecular weight excluding hydrogens is 186 g/mol. The van der Waals surface area contributed by atoms with E-state index >= 15 is 0 Å². The van der Waals surface area contributed by atoms with Gasteiger partial charge in [0.1, 0.15) is 5.75 Å². The van der Waals surface area contributed by atoms with Crippen LogP contribution >= 0.6 is 0 Å². The van der Waals surface area contributed by atoms with Crippen LogP contribution in [-0.4, -0.2) is 7.11 Å². The zero-order valence-electron chi connectivity index (χ0n) is 7.97. The summed E-state index contributed by atoms with van der Waals surface area (Å²) in [4.78, 5) is 0. The van der Waals surface area contributed by atoms with Gasteiger partial charge in [-0.05, 0) is 25.0 Å². The quantitative estimate of drug-likeness (QED) is 0.724. The molecule has 0 atom stereocenters. The molecule has 0 spiro atoms. The van der Waals surface area contributed by atoms with Crippen molar-refractivity contribution in [3.05, 3.63) is 29.8 Å². The van der Waals surface area contributed by atoms with Gasteiger partial charge in [0.05, 0.1) is 12.7 Å². The summed E-state index contributed by atoms with van der Waals surface area (Å²) in [5.41, 5.74) is 0.0185. The van der Waals surface area contributed by atoms with Gasteiger partial charge in [0.25, 0.3) is 5.92 Å². The van der Waals surface area contributed by atoms with Crippen LogP contribution in [0.5, 0.6) is 5.75 Å². The van der Waals surface area contributed by atoms with E-state index in [1.807, 2.05) is 0 Å². The van der Waals surface area contributed by atoms with Crippen LogP contribution in [-0.2, 0) is 5.92 Å². The smallest absolute Gasteiger partial charge is 0.279 e. The molecule has 1 saturated carbocycles. The molecule has 1 aliphatic rings. The maximum atomic E-state index is 13.7. The zero-order valence-corrected chi connectivity index (χ0v) is 7.97. The maximum Gasteiger partial charge on any atom is 0.279 e. The van der Waals surface area contributed by atoms with Crippen LogP contribution in [0.2, 0.25) is 0 Å². The lowest BCUT2D eigenvalue weighted by atomic mass is 10.0. The molecule has 1 nitrogen and oxygen atoms in total. The third-order valence-electron chi connectivity index (χ3n) is 2.56. The van der Waals surface area contributed by atoms with Gasteiger partial charge in [0, 0.05) is 5.92 Å². The predicted molar refractivity (Wildman–Crippen MR) is 49.6 cm³/mol. The van der Waals surface area contributed by atoms with Gasteiger partial charge < -0.3 is 4.74 Å². The molecule has 0 radical (unpaired) electrons. The summed E-state index contributed by atoms with van der Waals surface area (Å²) in [7, 11) is 1.42. The first kappa shape index (κ1) is 9.44. The Balaban J connectivity index is 2.38. The second kappa shape index (κ2) is 3.23. The molecule has 76 valence electrons. The molecule has 0 heterocycles. The monoisotopic (exact) mass is 198 g/mol. The minimum Gasteiger partial charge on any atom is -0.496 e. The fourth-order valence-electron chi connectivity index (χ4n) is 1.59. The lowest BCUT2D eigenvalue weighted by molar-refractivity contribution is -0.0304. The molecule has 1 fully saturated rings. The average Bonchev–Trinajstić information content (AvgIpc) is 3.01. The lowest BCUT2D eigenvalue weighted by Gasteiger charge is -2.18. The van der Waals surface area contributed by atoms with Crippen LogP contribution in [0.3, 0.4) is 0 Å². The van der Waals surface area contributed by atoms with Gasteiger partial charge in [-0.15, -0.1) is 0 Å². The Morgan fingerprint density at radius 2 is 1.93 bits per heavy atom. The van der Waals surface area contributed by atoms with Crippen molar-refractivity contribution in [3.8, 4) is 5.75 Å². The highest BCUT2D eigenvalue weighted by atomic mass is 19.3. The predicted octanol–water partition coefficient (Wildman–Crippen LogP) is 3.20. The molecule has 0 bridgehead atoms. The van der Waals surface area contributed by atoms with Crippen molar-refractivity contribution in [2.75, 3.05) is 7.11 Å². The van der Waals surface area contributed by atoms with Gasteiger partial charge >= 0.3 is 0 Å². The van der Waals surface area contributed by atoms with Crippen LogP contribution in [0.1, 0.15) is 18.4 Å². The molecule has 0 N–H and O–H groups in total. The van der Waals surface area contributed by atoms with E-state index in [9.17, 15) is 8.78 Å². The SMILES string of the molecule is COc1ccccc1C(F)(F)C1CC1. The number of alkyl halides is 2. The van der Waals surface area contributed by atoms with E-state index in [1.165, 1.54) is 13.2 Å². The van der Waals surface area contributed by atoms with Crippen molar-refractivity contribution in [2.24, 2.45) is 5.92 Å². The number of halogens is 2. The second-order valence-corrected chi connectivity index (χ2v) is 3.60. The normalized spacial score (nSPS) is 16.8. The van der Waals surface area contributed by atoms with Crippen molar-refractivity contribution in [2.45, 2.75) is 18.8 Å². The molecule has 2 rings (SSSR count). The van der Waals surface area contributed by atoms with Gasteiger partial charge in [0.15, 0.2) is 0 Å². The molecule has 0 saturated heterocycles. The number of methoxy groups -OCH3 is 1. The number of rotatable bonds is 3. The standard InChI is InChI=1S/C11H12F2O/c1-14-10-5-3-2-4-9(10)11(12,13)8-6-7-8/h2-5,8H,6-7H2,1H3. The molecule has 3 heteroatoms. The van der Waals surface area contributed by atoms with E-state index in [-0.39, 0.29) is 11.3 Å². The van der Waals surface area contributed by atoms with Crippen molar-refractivity contribution in [1.82, 2.24) is 0 Å². The van der Waals surface area contributed by atoms with E-state index in [1.54, 1.807) is 18.2 Å². The maximum absolute atomic E-state index is 13.7. The van der Waals surface area contributed by atoms with Gasteiger partial charge in [-0.2, -0.15) is 0 Å². The summed E-state index contributed by atoms with van der Waals surface area (Å²) in [5.74, 6) is -2.93. The number of para-hydroxylation sites is 1. The highest BCUT2D eigenvalue weighted by molar-refractivity contribution is 5.37. The third-order valence-corrected chi connectivity index (χ3v) is 2.56. The Bertz CT molecular complexity index is 332. The van der Waals surface area contributed by atoms with Gasteiger partial charge in [-0.1, -0.05) is 12.1 Å². The van der Waals surface area contributed by atoms with E-state index < -0.39 is 11.8 Å². The van der Waals surface area contributed by atoms with E-state index in [2.05, 4.69) is 0 Å². The van der Waals surface area contributed by atoms with Crippen molar-refractivity contribution in [1.29, 1.82) is 0 Å². The Kier molecular flexibility index (Phi) is 2.17. The minimum absolute atomic E-state index is 0.0185. The summed E-state index contributed by atoms with van der Waals surface area (Å²) < 4.78 is 32.3. The molecule has 0 aliphatic heterocycles. The van der Waals surface area contributed by atoms with Crippen molar-refractivity contribution in [3.63, 3.8) is 0 Å². The summed E-state index contributed by atoms with van der Waals surface area (Å²) in [5, 5.41) is 0. The first-order valence-electron chi connectivity index (χ1n) is 4.67. The number of benzene rings is 1. The Morgan fingerprint density at radius 1 is 1.29 bits per heavy atom. The molecule has 0 amide bonds. The van der Waals surface area contributed by atoms with Crippen molar-refractivity contribution >= 4 is 0 Å². The average molecular weight is 198 g/mol. The third kappa shape index (κ3) is 1.47. The van der Waals surface area contributed by atoms with E-state index in [0.717, 1.165) is 0 Å². The summed E-state index contributed by atoms with van der Waals surface area (Å²) in [6.45, 7) is 0. The van der Waals surface area contributed by atoms with Crippen LogP contribution in [0.4, 0.5) is 8.78 Å². The van der Waals surface area contributed by atoms with E-state index in [4.69, 9.17) is 4.74 Å². The summed E-state index contributed by atoms with van der Waals surface area (Å²) >= 11 is 0. The molecule has 0 unspecified atom stereocenters. The lowest BCUT2D eigenvalue weighted by Crippen LogP contribution is -2.17. The fourth-order valence-corrected chi connectivity index (χ4v) is 1.59. The number of hydrogen-bond donors (Lipinski definition) is 0. The minimum atomic E-state index is -2.73. The fraction of sp³-hybridized carbons (Fsp3) is 0.455. The highest BCUT2D eigenvalue weighted by Gasteiger charge is 2.49. The topological polar surface area (TPSA) is 9.23 Å².